The SMILES string of the molecule is NC(=O)C1([C@@H](c2c(F)ccc(Cl)c2Cl)C2(CCOCc3ccccc3)CCCC2)CCCC1. The molecular formula is C27H32Cl2FNO2. The zero-order valence-corrected chi connectivity index (χ0v) is 20.4. The van der Waals surface area contributed by atoms with Gasteiger partial charge in [-0.25, -0.2) is 4.39 Å². The van der Waals surface area contributed by atoms with Crippen molar-refractivity contribution in [2.45, 2.75) is 70.3 Å². The summed E-state index contributed by atoms with van der Waals surface area (Å²) in [6, 6.07) is 12.9. The van der Waals surface area contributed by atoms with E-state index in [0.717, 1.165) is 50.5 Å². The first-order chi connectivity index (χ1) is 15.9. The van der Waals surface area contributed by atoms with Crippen molar-refractivity contribution in [1.29, 1.82) is 0 Å². The Hall–Kier alpha value is -1.62. The molecule has 3 nitrogen and oxygen atoms in total. The standard InChI is InChI=1S/C27H32Cl2FNO2/c28-20-10-11-21(30)22(23(20)29)24(27(25(31)32)14-6-7-15-27)26(12-4-5-13-26)16-17-33-18-19-8-2-1-3-9-19/h1-3,8-11,24H,4-7,12-18H2,(H2,31,32)/t24-/m0/s1. The van der Waals surface area contributed by atoms with E-state index in [9.17, 15) is 4.79 Å². The third-order valence-electron chi connectivity index (χ3n) is 7.97. The minimum atomic E-state index is -0.821. The number of hydrogen-bond donors (Lipinski definition) is 1. The summed E-state index contributed by atoms with van der Waals surface area (Å²) in [6.07, 6.45) is 7.69. The lowest BCUT2D eigenvalue weighted by atomic mass is 9.56. The smallest absolute Gasteiger partial charge is 0.224 e. The Labute approximate surface area is 205 Å². The molecule has 0 spiro atoms. The maximum absolute atomic E-state index is 15.5. The molecule has 0 unspecified atom stereocenters. The van der Waals surface area contributed by atoms with E-state index in [-0.39, 0.29) is 16.3 Å². The summed E-state index contributed by atoms with van der Waals surface area (Å²) in [5.41, 5.74) is 6.45. The van der Waals surface area contributed by atoms with E-state index in [0.29, 0.717) is 36.6 Å². The van der Waals surface area contributed by atoms with Crippen LogP contribution in [0.25, 0.3) is 0 Å². The van der Waals surface area contributed by atoms with E-state index >= 15 is 4.39 Å². The Morgan fingerprint density at radius 2 is 1.64 bits per heavy atom. The Morgan fingerprint density at radius 3 is 2.27 bits per heavy atom. The van der Waals surface area contributed by atoms with Gasteiger partial charge in [0.25, 0.3) is 0 Å². The minimum Gasteiger partial charge on any atom is -0.377 e. The fourth-order valence-electron chi connectivity index (χ4n) is 6.46. The van der Waals surface area contributed by atoms with Gasteiger partial charge in [0.05, 0.1) is 22.1 Å². The van der Waals surface area contributed by atoms with E-state index in [1.54, 1.807) is 0 Å². The maximum Gasteiger partial charge on any atom is 0.224 e. The number of hydrogen-bond acceptors (Lipinski definition) is 2. The molecule has 0 aliphatic heterocycles. The van der Waals surface area contributed by atoms with Gasteiger partial charge >= 0.3 is 0 Å². The molecule has 0 heterocycles. The number of carbonyl (C=O) groups is 1. The molecule has 2 aromatic carbocycles. The van der Waals surface area contributed by atoms with Gasteiger partial charge in [-0.3, -0.25) is 4.79 Å². The molecule has 6 heteroatoms. The largest absolute Gasteiger partial charge is 0.377 e. The topological polar surface area (TPSA) is 52.3 Å². The predicted octanol–water partition coefficient (Wildman–Crippen LogP) is 7.43. The number of benzene rings is 2. The Morgan fingerprint density at radius 1 is 1.00 bits per heavy atom. The van der Waals surface area contributed by atoms with Gasteiger partial charge in [-0.15, -0.1) is 0 Å². The maximum atomic E-state index is 15.5. The van der Waals surface area contributed by atoms with E-state index < -0.39 is 17.2 Å². The van der Waals surface area contributed by atoms with Gasteiger partial charge in [-0.2, -0.15) is 0 Å². The van der Waals surface area contributed by atoms with Gasteiger partial charge < -0.3 is 10.5 Å². The lowest BCUT2D eigenvalue weighted by Gasteiger charge is -2.47. The Balaban J connectivity index is 1.71. The molecule has 2 fully saturated rings. The van der Waals surface area contributed by atoms with Crippen LogP contribution in [0.3, 0.4) is 0 Å². The Kier molecular flexibility index (Phi) is 7.67. The van der Waals surface area contributed by atoms with Gasteiger partial charge in [0.2, 0.25) is 5.91 Å². The van der Waals surface area contributed by atoms with E-state index in [2.05, 4.69) is 0 Å². The average Bonchev–Trinajstić information content (AvgIpc) is 3.49. The second-order valence-electron chi connectivity index (χ2n) is 9.78. The lowest BCUT2D eigenvalue weighted by Crippen LogP contribution is -2.47. The molecule has 4 rings (SSSR count). The number of nitrogens with two attached hydrogens (primary N) is 1. The number of carbonyl (C=O) groups excluding carboxylic acids is 1. The summed E-state index contributed by atoms with van der Waals surface area (Å²) in [7, 11) is 0. The summed E-state index contributed by atoms with van der Waals surface area (Å²) < 4.78 is 21.5. The van der Waals surface area contributed by atoms with Gasteiger partial charge in [0, 0.05) is 18.1 Å². The normalized spacial score (nSPS) is 20.1. The highest BCUT2D eigenvalue weighted by Crippen LogP contribution is 2.64. The van der Waals surface area contributed by atoms with Crippen molar-refractivity contribution in [3.8, 4) is 0 Å². The number of halogens is 3. The van der Waals surface area contributed by atoms with Crippen molar-refractivity contribution in [3.05, 3.63) is 69.5 Å². The third kappa shape index (κ3) is 4.80. The van der Waals surface area contributed by atoms with Gasteiger partial charge in [0.15, 0.2) is 0 Å². The van der Waals surface area contributed by atoms with Crippen molar-refractivity contribution < 1.29 is 13.9 Å². The highest BCUT2D eigenvalue weighted by Gasteiger charge is 2.57. The second kappa shape index (κ2) is 10.3. The van der Waals surface area contributed by atoms with Crippen LogP contribution in [0.4, 0.5) is 4.39 Å². The van der Waals surface area contributed by atoms with E-state index in [4.69, 9.17) is 33.7 Å². The summed E-state index contributed by atoms with van der Waals surface area (Å²) in [5.74, 6) is -1.17. The molecular weight excluding hydrogens is 460 g/mol. The van der Waals surface area contributed by atoms with Crippen LogP contribution in [-0.2, 0) is 16.1 Å². The van der Waals surface area contributed by atoms with Crippen LogP contribution in [0.15, 0.2) is 42.5 Å². The molecule has 0 radical (unpaired) electrons. The van der Waals surface area contributed by atoms with Crippen LogP contribution in [0.1, 0.15) is 74.8 Å². The lowest BCUT2D eigenvalue weighted by molar-refractivity contribution is -0.131. The molecule has 1 atom stereocenters. The molecule has 2 aliphatic rings. The molecule has 2 aromatic rings. The number of rotatable bonds is 9. The van der Waals surface area contributed by atoms with Gasteiger partial charge in [0.1, 0.15) is 5.82 Å². The van der Waals surface area contributed by atoms with Crippen molar-refractivity contribution >= 4 is 29.1 Å². The molecule has 0 aromatic heterocycles. The monoisotopic (exact) mass is 491 g/mol. The average molecular weight is 492 g/mol. The van der Waals surface area contributed by atoms with Crippen LogP contribution in [0, 0.1) is 16.6 Å². The predicted molar refractivity (Wildman–Crippen MR) is 131 cm³/mol. The third-order valence-corrected chi connectivity index (χ3v) is 8.79. The first-order valence-corrected chi connectivity index (χ1v) is 12.7. The van der Waals surface area contributed by atoms with Gasteiger partial charge in [-0.1, -0.05) is 79.2 Å². The molecule has 2 aliphatic carbocycles. The van der Waals surface area contributed by atoms with Crippen molar-refractivity contribution in [2.24, 2.45) is 16.6 Å². The molecule has 2 N–H and O–H groups in total. The van der Waals surface area contributed by atoms with Crippen molar-refractivity contribution in [2.75, 3.05) is 6.61 Å². The van der Waals surface area contributed by atoms with Crippen LogP contribution >= 0.6 is 23.2 Å². The van der Waals surface area contributed by atoms with Crippen molar-refractivity contribution in [1.82, 2.24) is 0 Å². The Bertz CT molecular complexity index is 970. The highest BCUT2D eigenvalue weighted by atomic mass is 35.5. The molecule has 33 heavy (non-hydrogen) atoms. The molecule has 0 bridgehead atoms. The second-order valence-corrected chi connectivity index (χ2v) is 10.6. The molecule has 178 valence electrons. The van der Waals surface area contributed by atoms with Crippen molar-refractivity contribution in [3.63, 3.8) is 0 Å². The van der Waals surface area contributed by atoms with Crippen LogP contribution < -0.4 is 5.73 Å². The highest BCUT2D eigenvalue weighted by molar-refractivity contribution is 6.42. The molecule has 0 saturated heterocycles. The summed E-state index contributed by atoms with van der Waals surface area (Å²) in [6.45, 7) is 1.05. The summed E-state index contributed by atoms with van der Waals surface area (Å²) in [4.78, 5) is 13.1. The van der Waals surface area contributed by atoms with E-state index in [1.807, 2.05) is 30.3 Å². The van der Waals surface area contributed by atoms with Crippen LogP contribution in [0.5, 0.6) is 0 Å². The zero-order valence-electron chi connectivity index (χ0n) is 18.9. The number of primary amides is 1. The number of ether oxygens (including phenoxy) is 1. The summed E-state index contributed by atoms with van der Waals surface area (Å²) in [5, 5.41) is 0.523. The fourth-order valence-corrected chi connectivity index (χ4v) is 6.89. The first kappa shape index (κ1) is 24.5. The van der Waals surface area contributed by atoms with Gasteiger partial charge in [-0.05, 0) is 55.2 Å². The van der Waals surface area contributed by atoms with Crippen LogP contribution in [-0.4, -0.2) is 12.5 Å². The fraction of sp³-hybridized carbons (Fsp3) is 0.519. The molecule has 1 amide bonds. The zero-order chi connectivity index (χ0) is 23.5. The first-order valence-electron chi connectivity index (χ1n) is 11.9. The minimum absolute atomic E-state index is 0.214. The summed E-state index contributed by atoms with van der Waals surface area (Å²) >= 11 is 13.0. The molecule has 2 saturated carbocycles. The number of amides is 1. The van der Waals surface area contributed by atoms with E-state index in [1.165, 1.54) is 12.1 Å². The quantitative estimate of drug-likeness (QED) is 0.292. The van der Waals surface area contributed by atoms with Crippen LogP contribution in [0.2, 0.25) is 10.0 Å².